The van der Waals surface area contributed by atoms with Gasteiger partial charge in [0, 0.05) is 0 Å². The Morgan fingerprint density at radius 1 is 0.500 bits per heavy atom. The Balaban J connectivity index is 3.03. The predicted molar refractivity (Wildman–Crippen MR) is 75.7 cm³/mol. The van der Waals surface area contributed by atoms with Crippen molar-refractivity contribution in [3.63, 3.8) is 0 Å². The predicted octanol–water partition coefficient (Wildman–Crippen LogP) is 5.82. The first-order valence-electron chi connectivity index (χ1n) is 6.78. The summed E-state index contributed by atoms with van der Waals surface area (Å²) in [5.74, 6) is 0. The smallest absolute Gasteiger partial charge is 0.0351 e. The summed E-state index contributed by atoms with van der Waals surface area (Å²) in [6.45, 7) is 7.46. The summed E-state index contributed by atoms with van der Waals surface area (Å²) in [5, 5.41) is 0. The van der Waals surface area contributed by atoms with Gasteiger partial charge in [-0.2, -0.15) is 0 Å². The molecule has 0 atom stereocenters. The molecule has 0 amide bonds. The van der Waals surface area contributed by atoms with Crippen LogP contribution in [0.2, 0.25) is 0 Å². The fraction of sp³-hybridized carbons (Fsp3) is 0.625. The van der Waals surface area contributed by atoms with Gasteiger partial charge in [-0.15, -0.1) is 13.2 Å². The maximum atomic E-state index is 3.73. The molecule has 16 heavy (non-hydrogen) atoms. The normalized spacial score (nSPS) is 10.8. The first kappa shape index (κ1) is 15.2. The van der Waals surface area contributed by atoms with E-state index in [0.29, 0.717) is 0 Å². The van der Waals surface area contributed by atoms with Crippen LogP contribution in [-0.4, -0.2) is 0 Å². The van der Waals surface area contributed by atoms with Crippen molar-refractivity contribution in [1.29, 1.82) is 0 Å². The molecule has 0 heterocycles. The van der Waals surface area contributed by atoms with Crippen LogP contribution in [-0.2, 0) is 0 Å². The Labute approximate surface area is 102 Å². The summed E-state index contributed by atoms with van der Waals surface area (Å²) in [7, 11) is 0. The molecule has 0 nitrogen and oxygen atoms in total. The SMILES string of the molecule is C=CCCCCCC=CCCCCCC=C. The standard InChI is InChI=1S/C16H28/c1-3-5-7-9-11-13-15-16-14-12-10-8-6-4-2/h3-4,15-16H,1-2,5-14H2. The Morgan fingerprint density at radius 3 is 1.25 bits per heavy atom. The first-order chi connectivity index (χ1) is 7.91. The Kier molecular flexibility index (Phi) is 13.5. The topological polar surface area (TPSA) is 0 Å². The van der Waals surface area contributed by atoms with E-state index in [2.05, 4.69) is 25.3 Å². The number of hydrogen-bond acceptors (Lipinski definition) is 0. The minimum atomic E-state index is 1.17. The van der Waals surface area contributed by atoms with Gasteiger partial charge in [0.1, 0.15) is 0 Å². The molecule has 0 N–H and O–H groups in total. The van der Waals surface area contributed by atoms with E-state index in [-0.39, 0.29) is 0 Å². The van der Waals surface area contributed by atoms with Crippen molar-refractivity contribution in [2.45, 2.75) is 64.2 Å². The first-order valence-corrected chi connectivity index (χ1v) is 6.78. The molecule has 0 saturated carbocycles. The van der Waals surface area contributed by atoms with Crippen molar-refractivity contribution in [1.82, 2.24) is 0 Å². The summed E-state index contributed by atoms with van der Waals surface area (Å²) in [4.78, 5) is 0. The third-order valence-corrected chi connectivity index (χ3v) is 2.72. The Hall–Kier alpha value is -0.780. The highest BCUT2D eigenvalue weighted by atomic mass is 13.9. The van der Waals surface area contributed by atoms with Gasteiger partial charge in [0.2, 0.25) is 0 Å². The van der Waals surface area contributed by atoms with Crippen molar-refractivity contribution >= 4 is 0 Å². The number of hydrogen-bond donors (Lipinski definition) is 0. The molecule has 0 aliphatic heterocycles. The molecule has 0 fully saturated rings. The van der Waals surface area contributed by atoms with Gasteiger partial charge < -0.3 is 0 Å². The van der Waals surface area contributed by atoms with Crippen molar-refractivity contribution in [2.75, 3.05) is 0 Å². The molecule has 0 saturated heterocycles. The van der Waals surface area contributed by atoms with Crippen LogP contribution in [0.4, 0.5) is 0 Å². The molecular formula is C16H28. The minimum Gasteiger partial charge on any atom is -0.103 e. The van der Waals surface area contributed by atoms with Gasteiger partial charge in [0.25, 0.3) is 0 Å². The molecule has 0 aromatic heterocycles. The molecule has 0 aromatic rings. The van der Waals surface area contributed by atoms with E-state index in [1.807, 2.05) is 12.2 Å². The second-order valence-electron chi connectivity index (χ2n) is 4.32. The van der Waals surface area contributed by atoms with Gasteiger partial charge >= 0.3 is 0 Å². The molecule has 0 aliphatic rings. The minimum absolute atomic E-state index is 1.17. The number of unbranched alkanes of at least 4 members (excludes halogenated alkanes) is 8. The summed E-state index contributed by atoms with van der Waals surface area (Å²) in [6.07, 6.45) is 21.5. The fourth-order valence-corrected chi connectivity index (χ4v) is 1.69. The molecular weight excluding hydrogens is 192 g/mol. The van der Waals surface area contributed by atoms with Gasteiger partial charge in [0.05, 0.1) is 0 Å². The van der Waals surface area contributed by atoms with Gasteiger partial charge in [-0.25, -0.2) is 0 Å². The summed E-state index contributed by atoms with van der Waals surface area (Å²) < 4.78 is 0. The van der Waals surface area contributed by atoms with E-state index >= 15 is 0 Å². The lowest BCUT2D eigenvalue weighted by atomic mass is 10.1. The Morgan fingerprint density at radius 2 is 0.875 bits per heavy atom. The lowest BCUT2D eigenvalue weighted by Crippen LogP contribution is -1.76. The molecule has 92 valence electrons. The second-order valence-corrected chi connectivity index (χ2v) is 4.32. The highest BCUT2D eigenvalue weighted by molar-refractivity contribution is 4.81. The number of rotatable bonds is 12. The van der Waals surface area contributed by atoms with Crippen LogP contribution >= 0.6 is 0 Å². The van der Waals surface area contributed by atoms with Crippen molar-refractivity contribution in [3.8, 4) is 0 Å². The highest BCUT2D eigenvalue weighted by Crippen LogP contribution is 2.06. The van der Waals surface area contributed by atoms with Crippen LogP contribution in [0.1, 0.15) is 64.2 Å². The molecule has 0 bridgehead atoms. The molecule has 0 aliphatic carbocycles. The van der Waals surface area contributed by atoms with Crippen LogP contribution in [0.25, 0.3) is 0 Å². The van der Waals surface area contributed by atoms with Crippen LogP contribution in [0.5, 0.6) is 0 Å². The van der Waals surface area contributed by atoms with Gasteiger partial charge in [0.15, 0.2) is 0 Å². The fourth-order valence-electron chi connectivity index (χ4n) is 1.69. The second kappa shape index (κ2) is 14.2. The van der Waals surface area contributed by atoms with Crippen LogP contribution in [0, 0.1) is 0 Å². The lowest BCUT2D eigenvalue weighted by molar-refractivity contribution is 0.685. The van der Waals surface area contributed by atoms with Crippen LogP contribution in [0.3, 0.4) is 0 Å². The zero-order chi connectivity index (χ0) is 11.9. The summed E-state index contributed by atoms with van der Waals surface area (Å²) in [5.41, 5.74) is 0. The zero-order valence-corrected chi connectivity index (χ0v) is 10.8. The third kappa shape index (κ3) is 13.2. The van der Waals surface area contributed by atoms with Gasteiger partial charge in [-0.05, 0) is 51.4 Å². The largest absolute Gasteiger partial charge is 0.103 e. The molecule has 0 unspecified atom stereocenters. The number of allylic oxidation sites excluding steroid dienone is 4. The molecule has 0 spiro atoms. The quantitative estimate of drug-likeness (QED) is 0.287. The lowest BCUT2D eigenvalue weighted by Gasteiger charge is -1.96. The average molecular weight is 220 g/mol. The van der Waals surface area contributed by atoms with E-state index < -0.39 is 0 Å². The summed E-state index contributed by atoms with van der Waals surface area (Å²) >= 11 is 0. The molecule has 0 rings (SSSR count). The van der Waals surface area contributed by atoms with E-state index in [1.54, 1.807) is 0 Å². The average Bonchev–Trinajstić information content (AvgIpc) is 2.31. The zero-order valence-electron chi connectivity index (χ0n) is 10.8. The van der Waals surface area contributed by atoms with Gasteiger partial charge in [-0.3, -0.25) is 0 Å². The van der Waals surface area contributed by atoms with E-state index in [0.717, 1.165) is 0 Å². The van der Waals surface area contributed by atoms with E-state index in [9.17, 15) is 0 Å². The summed E-state index contributed by atoms with van der Waals surface area (Å²) in [6, 6.07) is 0. The maximum Gasteiger partial charge on any atom is -0.0351 e. The van der Waals surface area contributed by atoms with Crippen molar-refractivity contribution in [3.05, 3.63) is 37.5 Å². The van der Waals surface area contributed by atoms with Crippen molar-refractivity contribution < 1.29 is 0 Å². The molecule has 0 heteroatoms. The van der Waals surface area contributed by atoms with Crippen molar-refractivity contribution in [2.24, 2.45) is 0 Å². The molecule has 0 radical (unpaired) electrons. The highest BCUT2D eigenvalue weighted by Gasteiger charge is 1.86. The maximum absolute atomic E-state index is 3.73. The monoisotopic (exact) mass is 220 g/mol. The third-order valence-electron chi connectivity index (χ3n) is 2.72. The van der Waals surface area contributed by atoms with Gasteiger partial charge in [-0.1, -0.05) is 37.1 Å². The Bertz CT molecular complexity index is 156. The van der Waals surface area contributed by atoms with Crippen LogP contribution in [0.15, 0.2) is 37.5 Å². The molecule has 0 aromatic carbocycles. The van der Waals surface area contributed by atoms with Crippen LogP contribution < -0.4 is 0 Å². The van der Waals surface area contributed by atoms with E-state index in [4.69, 9.17) is 0 Å². The van der Waals surface area contributed by atoms with E-state index in [1.165, 1.54) is 64.2 Å².